The minimum absolute atomic E-state index is 0. The maximum Gasteiger partial charge on any atom is 0 e. The molecule has 11 aliphatic carbocycles. The number of rotatable bonds is 4. The van der Waals surface area contributed by atoms with Crippen LogP contribution >= 0.6 is 52.8 Å². The van der Waals surface area contributed by atoms with Crippen LogP contribution in [0.5, 0.6) is 0 Å². The van der Waals surface area contributed by atoms with Gasteiger partial charge >= 0.3 is 0 Å². The average molecular weight is 1940 g/mol. The largest absolute Gasteiger partial charge is 0.343 e. The fraction of sp³-hybridized carbons (Fsp3) is 0.733. The molecule has 4 aliphatic heterocycles. The second kappa shape index (κ2) is 48.8. The van der Waals surface area contributed by atoms with Crippen LogP contribution in [0.25, 0.3) is 0 Å². The van der Waals surface area contributed by atoms with Crippen molar-refractivity contribution in [2.75, 3.05) is 12.3 Å². The SMILES string of the molecule is [CH2-]C1C(P)CCC2C3CCCCC3CCC12.[CH2-]C1C(P)CCC2c3ccccc3CCC21.[CH2-]CC1CCC2C(CCC3CCCCC32)P1.[CH2-]CC1CCC2c3ccccc3CCC2P1.[CH2-]CC1PCCC2C3CCCCC3CCC12.[CH2-]CC1PCCC2c3ccccc3CCC12.[Y].[Y].[Y].[Y].[Y].[Y]. The van der Waals surface area contributed by atoms with Crippen molar-refractivity contribution in [3.63, 3.8) is 0 Å². The summed E-state index contributed by atoms with van der Waals surface area (Å²) < 4.78 is 0. The first-order valence-corrected chi connectivity index (χ1v) is 47.9. The number of hydrogen-bond acceptors (Lipinski definition) is 0. The molecule has 8 saturated carbocycles. The Morgan fingerprint density at radius 3 is 1.25 bits per heavy atom. The summed E-state index contributed by atoms with van der Waals surface area (Å²) in [6.07, 6.45) is 58.0. The molecule has 32 atom stereocenters. The molecule has 102 heavy (non-hydrogen) atoms. The summed E-state index contributed by atoms with van der Waals surface area (Å²) in [4.78, 5) is 0. The van der Waals surface area contributed by atoms with Gasteiger partial charge in [-0.1, -0.05) is 171 Å². The van der Waals surface area contributed by atoms with E-state index in [1.807, 2.05) is 0 Å². The van der Waals surface area contributed by atoms with Gasteiger partial charge in [0.2, 0.25) is 0 Å². The van der Waals surface area contributed by atoms with Crippen molar-refractivity contribution in [3.05, 3.63) is 148 Å². The van der Waals surface area contributed by atoms with Crippen LogP contribution in [-0.2, 0) is 216 Å². The molecule has 0 N–H and O–H groups in total. The molecule has 12 fully saturated rings. The Hall–Kier alpha value is 6.86. The molecule has 3 aromatic carbocycles. The molecular weight excluding hydrogens is 1800 g/mol. The van der Waals surface area contributed by atoms with Gasteiger partial charge in [-0.2, -0.15) is 37.5 Å². The first-order chi connectivity index (χ1) is 47.1. The van der Waals surface area contributed by atoms with Crippen molar-refractivity contribution in [2.45, 2.75) is 307 Å². The Labute approximate surface area is 792 Å². The van der Waals surface area contributed by atoms with E-state index >= 15 is 0 Å². The molecular formula is C90H138P6Y6-6. The summed E-state index contributed by atoms with van der Waals surface area (Å²) >= 11 is 0. The van der Waals surface area contributed by atoms with Gasteiger partial charge in [0, 0.05) is 196 Å². The molecule has 4 heterocycles. The maximum absolute atomic E-state index is 4.48. The number of hydrogen-bond donors (Lipinski definition) is 0. The Bertz CT molecular complexity index is 2740. The standard InChI is InChI=1S/C15H26P.C15H20P.C15H26P.C15H20P.C15H26P.C15H20P.6Y/c2*1-10-12-7-6-11-4-2-3-5-13(11)14(12)8-9-15(10)16;2*1-2-12-8-9-14-13-6-4-3-5-11(13)7-10-15(14)16-12;2*1-2-15-14-8-7-11-5-3-4-6-12(11)13(14)9-10-16-15;;;;;;/h10-15H,1-9,16H2;2-5,10,12,14-15H,1,6-9,16H2;11-16H,1-10H2;3-6,12,14-16H,1-2,7-10H2;11-16H,1-10H2;3-6,13-16H,1-2,7-10H2;;;;;;/q6*-1;;;;;;. The van der Waals surface area contributed by atoms with E-state index in [0.29, 0.717) is 5.92 Å². The molecule has 0 spiro atoms. The molecule has 0 nitrogen and oxygen atoms in total. The number of aryl methyl sites for hydroxylation is 3. The Morgan fingerprint density at radius 2 is 0.696 bits per heavy atom. The molecule has 6 radical (unpaired) electrons. The monoisotopic (exact) mass is 1940 g/mol. The molecule has 0 aromatic heterocycles. The molecule has 18 rings (SSSR count). The Balaban J connectivity index is 0.000000170. The van der Waals surface area contributed by atoms with Gasteiger partial charge in [-0.25, -0.2) is 0 Å². The van der Waals surface area contributed by atoms with Crippen LogP contribution in [0, 0.1) is 130 Å². The molecule has 0 bridgehead atoms. The molecule has 0 amide bonds. The van der Waals surface area contributed by atoms with Crippen molar-refractivity contribution in [3.8, 4) is 0 Å². The minimum atomic E-state index is 0. The van der Waals surface area contributed by atoms with Crippen molar-refractivity contribution < 1.29 is 196 Å². The van der Waals surface area contributed by atoms with Crippen LogP contribution in [0.4, 0.5) is 0 Å². The first-order valence-electron chi connectivity index (χ1n) is 41.7. The quantitative estimate of drug-likeness (QED) is 0.180. The molecule has 3 aromatic rings. The van der Waals surface area contributed by atoms with Gasteiger partial charge in [0.15, 0.2) is 0 Å². The third-order valence-electron chi connectivity index (χ3n) is 30.4. The van der Waals surface area contributed by atoms with E-state index in [0.717, 1.165) is 159 Å². The predicted molar refractivity (Wildman–Crippen MR) is 437 cm³/mol. The Kier molecular flexibility index (Phi) is 45.9. The van der Waals surface area contributed by atoms with Gasteiger partial charge in [-0.15, -0.1) is 52.8 Å². The van der Waals surface area contributed by atoms with Crippen LogP contribution in [-0.4, -0.2) is 57.6 Å². The van der Waals surface area contributed by atoms with E-state index in [1.165, 1.54) is 201 Å². The van der Waals surface area contributed by atoms with Gasteiger partial charge in [0.1, 0.15) is 0 Å². The summed E-state index contributed by atoms with van der Waals surface area (Å²) in [6, 6.07) is 27.3. The van der Waals surface area contributed by atoms with E-state index < -0.39 is 0 Å². The summed E-state index contributed by atoms with van der Waals surface area (Å²) in [5, 5.41) is 0. The first kappa shape index (κ1) is 96.0. The van der Waals surface area contributed by atoms with Crippen molar-refractivity contribution in [1.29, 1.82) is 0 Å². The van der Waals surface area contributed by atoms with Crippen LogP contribution < -0.4 is 0 Å². The summed E-state index contributed by atoms with van der Waals surface area (Å²) in [5.41, 5.74) is 17.3. The van der Waals surface area contributed by atoms with Gasteiger partial charge in [0.25, 0.3) is 0 Å². The second-order valence-corrected chi connectivity index (χ2v) is 43.6. The van der Waals surface area contributed by atoms with Crippen molar-refractivity contribution >= 4 is 52.8 Å². The van der Waals surface area contributed by atoms with Crippen LogP contribution in [0.3, 0.4) is 0 Å². The van der Waals surface area contributed by atoms with Gasteiger partial charge in [-0.05, 0) is 305 Å². The zero-order valence-electron chi connectivity index (χ0n) is 64.1. The predicted octanol–water partition coefficient (Wildman–Crippen LogP) is 25.4. The van der Waals surface area contributed by atoms with Crippen molar-refractivity contribution in [2.24, 2.45) is 88.8 Å². The molecule has 12 heteroatoms. The van der Waals surface area contributed by atoms with Gasteiger partial charge < -0.3 is 41.5 Å². The average Bonchev–Trinajstić information content (AvgIpc) is 0.881. The fourth-order valence-electron chi connectivity index (χ4n) is 25.3. The number of benzene rings is 3. The zero-order valence-corrected chi connectivity index (χ0v) is 87.4. The van der Waals surface area contributed by atoms with E-state index in [9.17, 15) is 0 Å². The van der Waals surface area contributed by atoms with E-state index in [-0.39, 0.29) is 196 Å². The normalized spacial score (nSPS) is 40.6. The fourth-order valence-corrected chi connectivity index (χ4v) is 33.9. The topological polar surface area (TPSA) is 0 Å². The van der Waals surface area contributed by atoms with E-state index in [2.05, 4.69) is 133 Å². The Morgan fingerprint density at radius 1 is 0.304 bits per heavy atom. The van der Waals surface area contributed by atoms with Crippen LogP contribution in [0.15, 0.2) is 72.8 Å². The second-order valence-electron chi connectivity index (χ2n) is 34.8. The molecule has 15 aliphatic rings. The van der Waals surface area contributed by atoms with Gasteiger partial charge in [-0.3, -0.25) is 0 Å². The molecule has 4 saturated heterocycles. The third-order valence-corrected chi connectivity index (χ3v) is 40.0. The zero-order chi connectivity index (χ0) is 66.1. The number of fused-ring (bicyclic) bond motifs is 18. The third kappa shape index (κ3) is 24.1. The summed E-state index contributed by atoms with van der Waals surface area (Å²) in [6.45, 7) is 25.5. The smallest absolute Gasteiger partial charge is 0 e. The van der Waals surface area contributed by atoms with Gasteiger partial charge in [0.05, 0.1) is 0 Å². The molecule has 32 unspecified atom stereocenters. The van der Waals surface area contributed by atoms with Crippen LogP contribution in [0.1, 0.15) is 276 Å². The maximum atomic E-state index is 4.48. The van der Waals surface area contributed by atoms with Crippen LogP contribution in [0.2, 0.25) is 0 Å². The van der Waals surface area contributed by atoms with Crippen molar-refractivity contribution in [1.82, 2.24) is 0 Å². The van der Waals surface area contributed by atoms with E-state index in [4.69, 9.17) is 0 Å². The molecule has 552 valence electrons. The summed E-state index contributed by atoms with van der Waals surface area (Å²) in [5.74, 6) is 17.8. The summed E-state index contributed by atoms with van der Waals surface area (Å²) in [7, 11) is 10.9. The van der Waals surface area contributed by atoms with E-state index in [1.54, 1.807) is 110 Å². The minimum Gasteiger partial charge on any atom is -0.343 e.